The summed E-state index contributed by atoms with van der Waals surface area (Å²) in [6.45, 7) is 2.15. The SMILES string of the molecule is CC12C=CCCC1O2. The molecule has 2 unspecified atom stereocenters. The van der Waals surface area contributed by atoms with Crippen LogP contribution in [0.1, 0.15) is 19.8 Å². The van der Waals surface area contributed by atoms with E-state index in [1.807, 2.05) is 0 Å². The lowest BCUT2D eigenvalue weighted by atomic mass is 9.98. The van der Waals surface area contributed by atoms with Crippen molar-refractivity contribution in [2.75, 3.05) is 0 Å². The van der Waals surface area contributed by atoms with Gasteiger partial charge >= 0.3 is 0 Å². The average Bonchev–Trinajstić information content (AvgIpc) is 2.39. The first-order chi connectivity index (χ1) is 3.81. The molecule has 0 bridgehead atoms. The number of rotatable bonds is 0. The van der Waals surface area contributed by atoms with E-state index in [0.717, 1.165) is 0 Å². The van der Waals surface area contributed by atoms with Crippen LogP contribution >= 0.6 is 0 Å². The predicted octanol–water partition coefficient (Wildman–Crippen LogP) is 1.49. The first-order valence-corrected chi connectivity index (χ1v) is 3.17. The molecule has 0 saturated carbocycles. The smallest absolute Gasteiger partial charge is 0.110 e. The minimum atomic E-state index is 0.165. The largest absolute Gasteiger partial charge is 0.362 e. The Balaban J connectivity index is 2.22. The van der Waals surface area contributed by atoms with Gasteiger partial charge in [0.05, 0.1) is 6.10 Å². The maximum Gasteiger partial charge on any atom is 0.110 e. The molecule has 0 aromatic carbocycles. The fourth-order valence-corrected chi connectivity index (χ4v) is 1.33. The highest BCUT2D eigenvalue weighted by Crippen LogP contribution is 2.43. The monoisotopic (exact) mass is 110 g/mol. The molecule has 2 aliphatic rings. The van der Waals surface area contributed by atoms with E-state index in [1.165, 1.54) is 12.8 Å². The summed E-state index contributed by atoms with van der Waals surface area (Å²) in [5.41, 5.74) is 0.165. The van der Waals surface area contributed by atoms with Crippen LogP contribution in [0, 0.1) is 0 Å². The molecule has 0 aromatic rings. The third-order valence-electron chi connectivity index (χ3n) is 2.02. The highest BCUT2D eigenvalue weighted by Gasteiger charge is 2.50. The highest BCUT2D eigenvalue weighted by molar-refractivity contribution is 5.17. The first-order valence-electron chi connectivity index (χ1n) is 3.17. The average molecular weight is 110 g/mol. The van der Waals surface area contributed by atoms with Crippen molar-refractivity contribution in [3.05, 3.63) is 12.2 Å². The van der Waals surface area contributed by atoms with Crippen LogP contribution in [0.4, 0.5) is 0 Å². The highest BCUT2D eigenvalue weighted by atomic mass is 16.6. The van der Waals surface area contributed by atoms with E-state index in [1.54, 1.807) is 0 Å². The lowest BCUT2D eigenvalue weighted by Crippen LogP contribution is -2.08. The lowest BCUT2D eigenvalue weighted by molar-refractivity contribution is 0.343. The molecule has 1 fully saturated rings. The van der Waals surface area contributed by atoms with Gasteiger partial charge in [0.25, 0.3) is 0 Å². The zero-order chi connectivity index (χ0) is 5.61. The molecule has 0 N–H and O–H groups in total. The molecule has 8 heavy (non-hydrogen) atoms. The summed E-state index contributed by atoms with van der Waals surface area (Å²) < 4.78 is 5.38. The molecule has 0 radical (unpaired) electrons. The van der Waals surface area contributed by atoms with E-state index in [0.29, 0.717) is 6.10 Å². The summed E-state index contributed by atoms with van der Waals surface area (Å²) in [4.78, 5) is 0. The standard InChI is InChI=1S/C7H10O/c1-7-5-3-2-4-6(7)8-7/h3,5-6H,2,4H2,1H3. The van der Waals surface area contributed by atoms with Crippen molar-refractivity contribution in [1.82, 2.24) is 0 Å². The maximum absolute atomic E-state index is 5.38. The van der Waals surface area contributed by atoms with Crippen molar-refractivity contribution in [1.29, 1.82) is 0 Å². The van der Waals surface area contributed by atoms with Crippen LogP contribution in [0.25, 0.3) is 0 Å². The Hall–Kier alpha value is -0.300. The van der Waals surface area contributed by atoms with Crippen LogP contribution in [0.5, 0.6) is 0 Å². The Morgan fingerprint density at radius 1 is 1.75 bits per heavy atom. The van der Waals surface area contributed by atoms with Crippen LogP contribution in [0.15, 0.2) is 12.2 Å². The summed E-state index contributed by atoms with van der Waals surface area (Å²) in [5.74, 6) is 0. The van der Waals surface area contributed by atoms with Crippen molar-refractivity contribution < 1.29 is 4.74 Å². The van der Waals surface area contributed by atoms with Gasteiger partial charge in [0.2, 0.25) is 0 Å². The first kappa shape index (κ1) is 4.57. The molecular formula is C7H10O. The minimum Gasteiger partial charge on any atom is -0.362 e. The summed E-state index contributed by atoms with van der Waals surface area (Å²) in [6.07, 6.45) is 7.39. The number of hydrogen-bond acceptors (Lipinski definition) is 1. The molecule has 1 nitrogen and oxygen atoms in total. The van der Waals surface area contributed by atoms with Gasteiger partial charge in [-0.2, -0.15) is 0 Å². The summed E-state index contributed by atoms with van der Waals surface area (Å²) in [7, 11) is 0. The molecular weight excluding hydrogens is 100 g/mol. The van der Waals surface area contributed by atoms with Crippen LogP contribution in [-0.4, -0.2) is 11.7 Å². The van der Waals surface area contributed by atoms with E-state index in [2.05, 4.69) is 19.1 Å². The molecule has 0 amide bonds. The molecule has 1 aliphatic carbocycles. The van der Waals surface area contributed by atoms with Crippen molar-refractivity contribution in [3.63, 3.8) is 0 Å². The molecule has 1 heterocycles. The molecule has 0 spiro atoms. The van der Waals surface area contributed by atoms with Crippen LogP contribution in [0.2, 0.25) is 0 Å². The molecule has 0 aromatic heterocycles. The molecule has 1 aliphatic heterocycles. The van der Waals surface area contributed by atoms with Crippen molar-refractivity contribution in [3.8, 4) is 0 Å². The molecule has 1 heteroatoms. The van der Waals surface area contributed by atoms with Gasteiger partial charge in [-0.15, -0.1) is 0 Å². The van der Waals surface area contributed by atoms with Crippen molar-refractivity contribution >= 4 is 0 Å². The number of hydrogen-bond donors (Lipinski definition) is 0. The van der Waals surface area contributed by atoms with Gasteiger partial charge in [0.15, 0.2) is 0 Å². The van der Waals surface area contributed by atoms with Gasteiger partial charge in [0, 0.05) is 0 Å². The maximum atomic E-state index is 5.38. The van der Waals surface area contributed by atoms with Crippen LogP contribution in [-0.2, 0) is 4.74 Å². The topological polar surface area (TPSA) is 12.5 Å². The zero-order valence-electron chi connectivity index (χ0n) is 5.05. The van der Waals surface area contributed by atoms with Crippen LogP contribution in [0.3, 0.4) is 0 Å². The Labute approximate surface area is 49.3 Å². The number of ether oxygens (including phenoxy) is 1. The normalized spacial score (nSPS) is 50.9. The Kier molecular flexibility index (Phi) is 0.662. The second-order valence-electron chi connectivity index (χ2n) is 2.77. The van der Waals surface area contributed by atoms with E-state index in [4.69, 9.17) is 4.74 Å². The number of epoxide rings is 1. The fourth-order valence-electron chi connectivity index (χ4n) is 1.33. The molecule has 1 saturated heterocycles. The third kappa shape index (κ3) is 0.451. The zero-order valence-corrected chi connectivity index (χ0v) is 5.05. The van der Waals surface area contributed by atoms with E-state index < -0.39 is 0 Å². The Morgan fingerprint density at radius 2 is 2.62 bits per heavy atom. The summed E-state index contributed by atoms with van der Waals surface area (Å²) >= 11 is 0. The van der Waals surface area contributed by atoms with E-state index >= 15 is 0 Å². The Morgan fingerprint density at radius 3 is 3.12 bits per heavy atom. The molecule has 44 valence electrons. The van der Waals surface area contributed by atoms with Gasteiger partial charge in [-0.05, 0) is 19.8 Å². The van der Waals surface area contributed by atoms with E-state index in [-0.39, 0.29) is 5.60 Å². The Bertz CT molecular complexity index is 137. The van der Waals surface area contributed by atoms with Crippen LogP contribution < -0.4 is 0 Å². The number of fused-ring (bicyclic) bond motifs is 1. The fraction of sp³-hybridized carbons (Fsp3) is 0.714. The van der Waals surface area contributed by atoms with Gasteiger partial charge in [0.1, 0.15) is 5.60 Å². The quantitative estimate of drug-likeness (QED) is 0.340. The van der Waals surface area contributed by atoms with Gasteiger partial charge < -0.3 is 4.74 Å². The lowest BCUT2D eigenvalue weighted by Gasteiger charge is -2.01. The number of allylic oxidation sites excluding steroid dienone is 1. The second kappa shape index (κ2) is 1.16. The molecule has 2 rings (SSSR count). The minimum absolute atomic E-state index is 0.165. The van der Waals surface area contributed by atoms with Gasteiger partial charge in [-0.1, -0.05) is 12.2 Å². The van der Waals surface area contributed by atoms with Crippen molar-refractivity contribution in [2.24, 2.45) is 0 Å². The van der Waals surface area contributed by atoms with Gasteiger partial charge in [-0.3, -0.25) is 0 Å². The third-order valence-corrected chi connectivity index (χ3v) is 2.02. The van der Waals surface area contributed by atoms with E-state index in [9.17, 15) is 0 Å². The summed E-state index contributed by atoms with van der Waals surface area (Å²) in [6, 6.07) is 0. The second-order valence-corrected chi connectivity index (χ2v) is 2.77. The molecule has 2 atom stereocenters. The predicted molar refractivity (Wildman–Crippen MR) is 31.7 cm³/mol. The summed E-state index contributed by atoms with van der Waals surface area (Å²) in [5, 5.41) is 0. The van der Waals surface area contributed by atoms with Gasteiger partial charge in [-0.25, -0.2) is 0 Å². The van der Waals surface area contributed by atoms with Crippen molar-refractivity contribution in [2.45, 2.75) is 31.5 Å².